The molecule has 2 aromatic heterocycles. The molecule has 2 N–H and O–H groups in total. The van der Waals surface area contributed by atoms with E-state index in [1.165, 1.54) is 5.56 Å². The summed E-state index contributed by atoms with van der Waals surface area (Å²) in [6.07, 6.45) is 3.79. The first-order valence-electron chi connectivity index (χ1n) is 8.77. The third kappa shape index (κ3) is 2.98. The molecule has 0 aliphatic heterocycles. The summed E-state index contributed by atoms with van der Waals surface area (Å²) in [5.74, 6) is 0.480. The topological polar surface area (TPSA) is 75.6 Å². The Balaban J connectivity index is 1.62. The van der Waals surface area contributed by atoms with Crippen LogP contribution in [0.4, 0.5) is 5.95 Å². The van der Waals surface area contributed by atoms with Gasteiger partial charge in [0.05, 0.1) is 11.7 Å². The smallest absolute Gasteiger partial charge is 0.263 e. The Morgan fingerprint density at radius 2 is 1.96 bits per heavy atom. The third-order valence-electron chi connectivity index (χ3n) is 4.98. The van der Waals surface area contributed by atoms with Crippen LogP contribution in [0.15, 0.2) is 35.3 Å². The predicted octanol–water partition coefficient (Wildman–Crippen LogP) is 3.67. The van der Waals surface area contributed by atoms with Gasteiger partial charge < -0.3 is 5.32 Å². The van der Waals surface area contributed by atoms with Gasteiger partial charge in [-0.05, 0) is 51.3 Å². The Bertz CT molecular complexity index is 1010. The molecule has 0 bridgehead atoms. The molecule has 0 spiro atoms. The van der Waals surface area contributed by atoms with Gasteiger partial charge in [-0.2, -0.15) is 10.1 Å². The molecule has 4 rings (SSSR count). The zero-order valence-electron chi connectivity index (χ0n) is 15.1. The van der Waals surface area contributed by atoms with Crippen LogP contribution in [0.3, 0.4) is 0 Å². The van der Waals surface area contributed by atoms with Crippen LogP contribution in [-0.2, 0) is 11.0 Å². The third-order valence-corrected chi connectivity index (χ3v) is 5.23. The number of halogens is 1. The fraction of sp³-hybridized carbons (Fsp3) is 0.421. The molecular weight excluding hydrogens is 350 g/mol. The first-order chi connectivity index (χ1) is 12.3. The fourth-order valence-electron chi connectivity index (χ4n) is 3.27. The summed E-state index contributed by atoms with van der Waals surface area (Å²) in [7, 11) is 0. The molecule has 0 saturated heterocycles. The van der Waals surface area contributed by atoms with Gasteiger partial charge in [0.15, 0.2) is 5.65 Å². The summed E-state index contributed by atoms with van der Waals surface area (Å²) in [5, 5.41) is 8.90. The average Bonchev–Trinajstić information content (AvgIpc) is 3.23. The summed E-state index contributed by atoms with van der Waals surface area (Å²) in [4.78, 5) is 19.8. The van der Waals surface area contributed by atoms with Crippen molar-refractivity contribution in [3.05, 3.63) is 51.4 Å². The molecular formula is C19H22ClN5O. The van der Waals surface area contributed by atoms with E-state index in [1.807, 2.05) is 32.9 Å². The molecule has 0 atom stereocenters. The molecule has 1 fully saturated rings. The molecule has 1 saturated carbocycles. The summed E-state index contributed by atoms with van der Waals surface area (Å²) in [6.45, 7) is 6.83. The standard InChI is InChI=1S/C19H22ClN5O/c1-18(2,3)25-15-14(10-22-25)16(26)24-17(23-15)21-11-19(8-9-19)12-4-6-13(20)7-5-12/h4-7,10H,8-9,11H2,1-3H3,(H2,21,23,24,26). The second-order valence-electron chi connectivity index (χ2n) is 8.02. The summed E-state index contributed by atoms with van der Waals surface area (Å²) >= 11 is 6.00. The normalized spacial score (nSPS) is 16.0. The second kappa shape index (κ2) is 5.84. The number of anilines is 1. The van der Waals surface area contributed by atoms with Crippen LogP contribution in [0.25, 0.3) is 11.0 Å². The summed E-state index contributed by atoms with van der Waals surface area (Å²) < 4.78 is 1.79. The number of hydrogen-bond donors (Lipinski definition) is 2. The molecule has 26 heavy (non-hydrogen) atoms. The van der Waals surface area contributed by atoms with Gasteiger partial charge >= 0.3 is 0 Å². The Morgan fingerprint density at radius 3 is 2.58 bits per heavy atom. The van der Waals surface area contributed by atoms with E-state index < -0.39 is 0 Å². The van der Waals surface area contributed by atoms with Crippen LogP contribution >= 0.6 is 11.6 Å². The molecule has 3 aromatic rings. The van der Waals surface area contributed by atoms with E-state index in [4.69, 9.17) is 11.6 Å². The van der Waals surface area contributed by atoms with Crippen LogP contribution in [0, 0.1) is 0 Å². The van der Waals surface area contributed by atoms with Gasteiger partial charge in [-0.25, -0.2) is 4.68 Å². The van der Waals surface area contributed by atoms with Crippen molar-refractivity contribution in [3.8, 4) is 0 Å². The SMILES string of the molecule is CC(C)(C)n1ncc2c(=O)[nH]c(NCC3(c4ccc(Cl)cc4)CC3)nc21. The number of aromatic nitrogens is 4. The minimum absolute atomic E-state index is 0.0857. The van der Waals surface area contributed by atoms with Gasteiger partial charge in [0, 0.05) is 17.0 Å². The van der Waals surface area contributed by atoms with Crippen LogP contribution in [0.2, 0.25) is 5.02 Å². The lowest BCUT2D eigenvalue weighted by atomic mass is 9.96. The molecule has 136 valence electrons. The molecule has 7 heteroatoms. The highest BCUT2D eigenvalue weighted by Gasteiger charge is 2.44. The maximum Gasteiger partial charge on any atom is 0.263 e. The zero-order chi connectivity index (χ0) is 18.5. The van der Waals surface area contributed by atoms with Crippen LogP contribution in [-0.4, -0.2) is 26.3 Å². The number of nitrogens with zero attached hydrogens (tertiary/aromatic N) is 3. The lowest BCUT2D eigenvalue weighted by molar-refractivity contribution is 0.366. The Kier molecular flexibility index (Phi) is 3.84. The van der Waals surface area contributed by atoms with Crippen molar-refractivity contribution in [2.24, 2.45) is 0 Å². The van der Waals surface area contributed by atoms with Gasteiger partial charge in [0.25, 0.3) is 5.56 Å². The highest BCUT2D eigenvalue weighted by molar-refractivity contribution is 6.30. The highest BCUT2D eigenvalue weighted by Crippen LogP contribution is 2.48. The van der Waals surface area contributed by atoms with Gasteiger partial charge in [0.2, 0.25) is 5.95 Å². The van der Waals surface area contributed by atoms with Crippen LogP contribution in [0.1, 0.15) is 39.2 Å². The first-order valence-corrected chi connectivity index (χ1v) is 9.15. The summed E-state index contributed by atoms with van der Waals surface area (Å²) in [6, 6.07) is 7.99. The van der Waals surface area contributed by atoms with Crippen molar-refractivity contribution in [3.63, 3.8) is 0 Å². The van der Waals surface area contributed by atoms with E-state index in [9.17, 15) is 4.79 Å². The molecule has 6 nitrogen and oxygen atoms in total. The molecule has 1 aromatic carbocycles. The number of benzene rings is 1. The maximum atomic E-state index is 12.4. The Labute approximate surface area is 156 Å². The van der Waals surface area contributed by atoms with E-state index in [1.54, 1.807) is 10.9 Å². The Hall–Kier alpha value is -2.34. The van der Waals surface area contributed by atoms with Crippen molar-refractivity contribution in [2.75, 3.05) is 11.9 Å². The van der Waals surface area contributed by atoms with Crippen molar-refractivity contribution in [1.29, 1.82) is 0 Å². The van der Waals surface area contributed by atoms with Crippen molar-refractivity contribution in [2.45, 2.75) is 44.6 Å². The zero-order valence-corrected chi connectivity index (χ0v) is 15.9. The monoisotopic (exact) mass is 371 g/mol. The predicted molar refractivity (Wildman–Crippen MR) is 104 cm³/mol. The average molecular weight is 372 g/mol. The molecule has 0 radical (unpaired) electrons. The first kappa shape index (κ1) is 17.1. The van der Waals surface area contributed by atoms with Gasteiger partial charge in [-0.15, -0.1) is 0 Å². The number of H-pyrrole nitrogens is 1. The lowest BCUT2D eigenvalue weighted by Gasteiger charge is -2.20. The number of nitrogens with one attached hydrogen (secondary N) is 2. The quantitative estimate of drug-likeness (QED) is 0.733. The van der Waals surface area contributed by atoms with Crippen LogP contribution < -0.4 is 10.9 Å². The molecule has 2 heterocycles. The fourth-order valence-corrected chi connectivity index (χ4v) is 3.39. The number of hydrogen-bond acceptors (Lipinski definition) is 4. The largest absolute Gasteiger partial charge is 0.355 e. The molecule has 0 amide bonds. The lowest BCUT2D eigenvalue weighted by Crippen LogP contribution is -2.25. The van der Waals surface area contributed by atoms with Crippen molar-refractivity contribution < 1.29 is 0 Å². The van der Waals surface area contributed by atoms with Crippen LogP contribution in [0.5, 0.6) is 0 Å². The summed E-state index contributed by atoms with van der Waals surface area (Å²) in [5.41, 5.74) is 1.52. The van der Waals surface area contributed by atoms with E-state index in [0.717, 1.165) is 17.9 Å². The minimum Gasteiger partial charge on any atom is -0.355 e. The van der Waals surface area contributed by atoms with Crippen molar-refractivity contribution >= 4 is 28.6 Å². The molecule has 1 aliphatic carbocycles. The van der Waals surface area contributed by atoms with E-state index in [-0.39, 0.29) is 16.5 Å². The highest BCUT2D eigenvalue weighted by atomic mass is 35.5. The number of rotatable bonds is 4. The van der Waals surface area contributed by atoms with Gasteiger partial charge in [0.1, 0.15) is 5.39 Å². The van der Waals surface area contributed by atoms with Crippen molar-refractivity contribution in [1.82, 2.24) is 19.7 Å². The number of aromatic amines is 1. The van der Waals surface area contributed by atoms with Gasteiger partial charge in [-0.1, -0.05) is 23.7 Å². The molecule has 0 unspecified atom stereocenters. The second-order valence-corrected chi connectivity index (χ2v) is 8.46. The van der Waals surface area contributed by atoms with Gasteiger partial charge in [-0.3, -0.25) is 9.78 Å². The maximum absolute atomic E-state index is 12.4. The molecule has 1 aliphatic rings. The number of fused-ring (bicyclic) bond motifs is 1. The van der Waals surface area contributed by atoms with E-state index in [0.29, 0.717) is 23.5 Å². The minimum atomic E-state index is -0.249. The Morgan fingerprint density at radius 1 is 1.27 bits per heavy atom. The van der Waals surface area contributed by atoms with E-state index in [2.05, 4.69) is 32.5 Å². The van der Waals surface area contributed by atoms with E-state index >= 15 is 0 Å².